The lowest BCUT2D eigenvalue weighted by atomic mass is 9.89. The third kappa shape index (κ3) is 3.24. The van der Waals surface area contributed by atoms with Gasteiger partial charge in [0.05, 0.1) is 12.2 Å². The van der Waals surface area contributed by atoms with Crippen LogP contribution >= 0.6 is 0 Å². The van der Waals surface area contributed by atoms with Gasteiger partial charge in [-0.25, -0.2) is 0 Å². The van der Waals surface area contributed by atoms with Gasteiger partial charge in [-0.3, -0.25) is 0 Å². The summed E-state index contributed by atoms with van der Waals surface area (Å²) in [6, 6.07) is 0. The molecule has 0 saturated heterocycles. The molecule has 1 heteroatoms. The summed E-state index contributed by atoms with van der Waals surface area (Å²) in [4.78, 5) is 0. The molecule has 0 atom stereocenters. The van der Waals surface area contributed by atoms with Crippen LogP contribution in [0.2, 0.25) is 0 Å². The zero-order valence-electron chi connectivity index (χ0n) is 7.97. The van der Waals surface area contributed by atoms with Crippen molar-refractivity contribution in [3.8, 4) is 0 Å². The summed E-state index contributed by atoms with van der Waals surface area (Å²) in [5.41, 5.74) is 0. The van der Waals surface area contributed by atoms with E-state index < -0.39 is 0 Å². The highest BCUT2D eigenvalue weighted by Gasteiger charge is 2.18. The molecule has 0 spiro atoms. The van der Waals surface area contributed by atoms with Gasteiger partial charge in [0.15, 0.2) is 0 Å². The van der Waals surface area contributed by atoms with Gasteiger partial charge in [-0.1, -0.05) is 6.92 Å². The maximum atomic E-state index is 5.74. The summed E-state index contributed by atoms with van der Waals surface area (Å²) in [6.45, 7) is 6.58. The van der Waals surface area contributed by atoms with E-state index in [-0.39, 0.29) is 0 Å². The molecule has 0 radical (unpaired) electrons. The van der Waals surface area contributed by atoms with Crippen LogP contribution in [0.25, 0.3) is 0 Å². The van der Waals surface area contributed by atoms with E-state index in [2.05, 4.69) is 20.8 Å². The fourth-order valence-electron chi connectivity index (χ4n) is 1.75. The fourth-order valence-corrected chi connectivity index (χ4v) is 1.75. The van der Waals surface area contributed by atoms with Crippen LogP contribution in [0.5, 0.6) is 0 Å². The Morgan fingerprint density at radius 3 is 2.09 bits per heavy atom. The van der Waals surface area contributed by atoms with Crippen LogP contribution in [0.15, 0.2) is 0 Å². The van der Waals surface area contributed by atoms with Gasteiger partial charge >= 0.3 is 0 Å². The Balaban J connectivity index is 2.17. The average Bonchev–Trinajstić information content (AvgIpc) is 1.93. The highest BCUT2D eigenvalue weighted by Crippen LogP contribution is 2.25. The summed E-state index contributed by atoms with van der Waals surface area (Å²) in [5.74, 6) is 0.932. The summed E-state index contributed by atoms with van der Waals surface area (Å²) in [7, 11) is 0. The van der Waals surface area contributed by atoms with E-state index in [4.69, 9.17) is 4.74 Å². The zero-order valence-corrected chi connectivity index (χ0v) is 7.97. The molecule has 0 bridgehead atoms. The Morgan fingerprint density at radius 2 is 1.64 bits per heavy atom. The van der Waals surface area contributed by atoms with Crippen molar-refractivity contribution >= 4 is 0 Å². The SMILES string of the molecule is CC(C)O[C@H]1CC[C@H](C)CC1. The van der Waals surface area contributed by atoms with E-state index in [0.29, 0.717) is 12.2 Å². The largest absolute Gasteiger partial charge is 0.376 e. The van der Waals surface area contributed by atoms with Crippen molar-refractivity contribution in [1.82, 2.24) is 0 Å². The predicted molar refractivity (Wildman–Crippen MR) is 47.6 cm³/mol. The minimum absolute atomic E-state index is 0.411. The molecule has 1 aliphatic rings. The fraction of sp³-hybridized carbons (Fsp3) is 1.00. The van der Waals surface area contributed by atoms with E-state index in [1.165, 1.54) is 25.7 Å². The standard InChI is InChI=1S/C10H20O/c1-8(2)11-10-6-4-9(3)5-7-10/h8-10H,4-7H2,1-3H3/t9-,10-. The van der Waals surface area contributed by atoms with Crippen LogP contribution in [0, 0.1) is 5.92 Å². The van der Waals surface area contributed by atoms with Gasteiger partial charge < -0.3 is 4.74 Å². The smallest absolute Gasteiger partial charge is 0.0578 e. The lowest BCUT2D eigenvalue weighted by molar-refractivity contribution is -0.0183. The first-order chi connectivity index (χ1) is 5.18. The molecule has 0 aromatic carbocycles. The van der Waals surface area contributed by atoms with Crippen LogP contribution in [0.1, 0.15) is 46.5 Å². The van der Waals surface area contributed by atoms with Crippen LogP contribution in [-0.4, -0.2) is 12.2 Å². The van der Waals surface area contributed by atoms with Crippen molar-refractivity contribution in [1.29, 1.82) is 0 Å². The minimum Gasteiger partial charge on any atom is -0.376 e. The molecule has 0 aromatic rings. The maximum Gasteiger partial charge on any atom is 0.0578 e. The Bertz CT molecular complexity index is 101. The molecule has 1 aliphatic carbocycles. The molecule has 1 nitrogen and oxygen atoms in total. The molecule has 1 saturated carbocycles. The second-order valence-corrected chi connectivity index (χ2v) is 4.07. The highest BCUT2D eigenvalue weighted by atomic mass is 16.5. The molecular weight excluding hydrogens is 136 g/mol. The van der Waals surface area contributed by atoms with Gasteiger partial charge in [-0.15, -0.1) is 0 Å². The van der Waals surface area contributed by atoms with E-state index >= 15 is 0 Å². The van der Waals surface area contributed by atoms with Gasteiger partial charge in [-0.2, -0.15) is 0 Å². The zero-order chi connectivity index (χ0) is 8.27. The molecule has 0 N–H and O–H groups in total. The van der Waals surface area contributed by atoms with E-state index in [0.717, 1.165) is 5.92 Å². The van der Waals surface area contributed by atoms with Crippen molar-refractivity contribution < 1.29 is 4.74 Å². The second kappa shape index (κ2) is 4.10. The summed E-state index contributed by atoms with van der Waals surface area (Å²) in [5, 5.41) is 0. The first-order valence-corrected chi connectivity index (χ1v) is 4.84. The lowest BCUT2D eigenvalue weighted by Crippen LogP contribution is -2.23. The molecule has 0 amide bonds. The number of hydrogen-bond donors (Lipinski definition) is 0. The molecular formula is C10H20O. The predicted octanol–water partition coefficient (Wildman–Crippen LogP) is 2.99. The Morgan fingerprint density at radius 1 is 1.09 bits per heavy atom. The molecule has 1 rings (SSSR count). The molecule has 11 heavy (non-hydrogen) atoms. The summed E-state index contributed by atoms with van der Waals surface area (Å²) in [6.07, 6.45) is 6.24. The maximum absolute atomic E-state index is 5.74. The third-order valence-electron chi connectivity index (χ3n) is 2.43. The molecule has 0 aromatic heterocycles. The topological polar surface area (TPSA) is 9.23 Å². The number of hydrogen-bond acceptors (Lipinski definition) is 1. The Labute approximate surface area is 70.1 Å². The van der Waals surface area contributed by atoms with Gasteiger partial charge in [0.2, 0.25) is 0 Å². The summed E-state index contributed by atoms with van der Waals surface area (Å²) >= 11 is 0. The quantitative estimate of drug-likeness (QED) is 0.597. The van der Waals surface area contributed by atoms with Crippen molar-refractivity contribution in [3.05, 3.63) is 0 Å². The Hall–Kier alpha value is -0.0400. The number of rotatable bonds is 2. The van der Waals surface area contributed by atoms with Crippen molar-refractivity contribution in [2.45, 2.75) is 58.7 Å². The van der Waals surface area contributed by atoms with Gasteiger partial charge in [0.25, 0.3) is 0 Å². The van der Waals surface area contributed by atoms with Crippen LogP contribution in [0.4, 0.5) is 0 Å². The monoisotopic (exact) mass is 156 g/mol. The molecule has 0 aliphatic heterocycles. The van der Waals surface area contributed by atoms with Crippen molar-refractivity contribution in [3.63, 3.8) is 0 Å². The van der Waals surface area contributed by atoms with Crippen LogP contribution in [-0.2, 0) is 4.74 Å². The first kappa shape index (κ1) is 9.05. The second-order valence-electron chi connectivity index (χ2n) is 4.07. The van der Waals surface area contributed by atoms with E-state index in [9.17, 15) is 0 Å². The van der Waals surface area contributed by atoms with Gasteiger partial charge in [0.1, 0.15) is 0 Å². The summed E-state index contributed by atoms with van der Waals surface area (Å²) < 4.78 is 5.74. The normalized spacial score (nSPS) is 32.7. The highest BCUT2D eigenvalue weighted by molar-refractivity contribution is 4.70. The van der Waals surface area contributed by atoms with Gasteiger partial charge in [0, 0.05) is 0 Å². The third-order valence-corrected chi connectivity index (χ3v) is 2.43. The van der Waals surface area contributed by atoms with E-state index in [1.807, 2.05) is 0 Å². The van der Waals surface area contributed by atoms with Crippen LogP contribution in [0.3, 0.4) is 0 Å². The van der Waals surface area contributed by atoms with Crippen molar-refractivity contribution in [2.24, 2.45) is 5.92 Å². The molecule has 0 heterocycles. The average molecular weight is 156 g/mol. The molecule has 0 unspecified atom stereocenters. The van der Waals surface area contributed by atoms with Gasteiger partial charge in [-0.05, 0) is 45.4 Å². The molecule has 1 fully saturated rings. The van der Waals surface area contributed by atoms with Crippen molar-refractivity contribution in [2.75, 3.05) is 0 Å². The molecule has 66 valence electrons. The minimum atomic E-state index is 0.411. The first-order valence-electron chi connectivity index (χ1n) is 4.84. The van der Waals surface area contributed by atoms with Crippen LogP contribution < -0.4 is 0 Å². The number of ether oxygens (including phenoxy) is 1. The Kier molecular flexibility index (Phi) is 3.38. The lowest BCUT2D eigenvalue weighted by Gasteiger charge is -2.27. The van der Waals surface area contributed by atoms with E-state index in [1.54, 1.807) is 0 Å².